The van der Waals surface area contributed by atoms with Crippen molar-refractivity contribution < 1.29 is 14.2 Å². The van der Waals surface area contributed by atoms with Crippen LogP contribution >= 0.6 is 24.0 Å². The van der Waals surface area contributed by atoms with E-state index in [1.807, 2.05) is 6.92 Å². The highest BCUT2D eigenvalue weighted by Gasteiger charge is 2.17. The molecule has 2 rings (SSSR count). The number of hydrogen-bond donors (Lipinski definition) is 2. The average molecular weight is 563 g/mol. The third-order valence-corrected chi connectivity index (χ3v) is 5.22. The summed E-state index contributed by atoms with van der Waals surface area (Å²) < 4.78 is 17.7. The molecule has 184 valence electrons. The molecule has 1 aliphatic rings. The van der Waals surface area contributed by atoms with Crippen LogP contribution in [-0.4, -0.2) is 76.6 Å². The molecule has 0 aromatic heterocycles. The molecule has 0 bridgehead atoms. The predicted molar refractivity (Wildman–Crippen MR) is 142 cm³/mol. The lowest BCUT2D eigenvalue weighted by atomic mass is 10.1. The molecule has 1 aromatic carbocycles. The van der Waals surface area contributed by atoms with Gasteiger partial charge in [-0.1, -0.05) is 12.1 Å². The summed E-state index contributed by atoms with van der Waals surface area (Å²) in [5.74, 6) is 1.69. The van der Waals surface area contributed by atoms with Crippen LogP contribution < -0.4 is 15.4 Å². The van der Waals surface area contributed by atoms with Crippen LogP contribution in [0.5, 0.6) is 5.75 Å². The van der Waals surface area contributed by atoms with Gasteiger partial charge in [-0.15, -0.1) is 24.0 Å². The second-order valence-electron chi connectivity index (χ2n) is 8.30. The van der Waals surface area contributed by atoms with Crippen molar-refractivity contribution in [3.8, 4) is 5.75 Å². The minimum atomic E-state index is 0. The van der Waals surface area contributed by atoms with E-state index in [0.717, 1.165) is 62.8 Å². The van der Waals surface area contributed by atoms with E-state index in [4.69, 9.17) is 19.2 Å². The van der Waals surface area contributed by atoms with Gasteiger partial charge in [-0.2, -0.15) is 0 Å². The summed E-state index contributed by atoms with van der Waals surface area (Å²) in [7, 11) is 4.17. The summed E-state index contributed by atoms with van der Waals surface area (Å²) in [4.78, 5) is 6.98. The van der Waals surface area contributed by atoms with Gasteiger partial charge in [0.25, 0.3) is 0 Å². The monoisotopic (exact) mass is 562 g/mol. The van der Waals surface area contributed by atoms with E-state index in [0.29, 0.717) is 19.8 Å². The molecule has 0 aliphatic carbocycles. The molecule has 1 aromatic rings. The molecule has 0 amide bonds. The predicted octanol–water partition coefficient (Wildman–Crippen LogP) is 3.58. The van der Waals surface area contributed by atoms with E-state index in [9.17, 15) is 0 Å². The Balaban J connectivity index is 0.00000512. The van der Waals surface area contributed by atoms with Crippen molar-refractivity contribution in [1.82, 2.24) is 15.5 Å². The summed E-state index contributed by atoms with van der Waals surface area (Å²) >= 11 is 0. The third kappa shape index (κ3) is 11.2. The van der Waals surface area contributed by atoms with Crippen molar-refractivity contribution in [3.63, 3.8) is 0 Å². The SMILES string of the molecule is CCNC(=NCc1ccc(C)cc1OCC1CCCO1)NCC(CCN(C)C)OCC.I. The fraction of sp³-hybridized carbons (Fsp3) is 0.708. The maximum absolute atomic E-state index is 6.12. The Morgan fingerprint density at radius 3 is 2.75 bits per heavy atom. The third-order valence-electron chi connectivity index (χ3n) is 5.22. The maximum Gasteiger partial charge on any atom is 0.191 e. The van der Waals surface area contributed by atoms with Crippen LogP contribution in [-0.2, 0) is 16.0 Å². The Morgan fingerprint density at radius 2 is 2.09 bits per heavy atom. The number of rotatable bonds is 13. The number of halogens is 1. The molecule has 1 aliphatic heterocycles. The first-order valence-corrected chi connectivity index (χ1v) is 11.6. The Bertz CT molecular complexity index is 667. The van der Waals surface area contributed by atoms with E-state index in [1.54, 1.807) is 0 Å². The van der Waals surface area contributed by atoms with Crippen LogP contribution in [0.2, 0.25) is 0 Å². The van der Waals surface area contributed by atoms with Crippen LogP contribution in [0.1, 0.15) is 44.2 Å². The number of hydrogen-bond acceptors (Lipinski definition) is 5. The molecule has 1 fully saturated rings. The lowest BCUT2D eigenvalue weighted by molar-refractivity contribution is 0.0548. The smallest absolute Gasteiger partial charge is 0.191 e. The van der Waals surface area contributed by atoms with Gasteiger partial charge in [0.05, 0.1) is 18.8 Å². The Labute approximate surface area is 211 Å². The van der Waals surface area contributed by atoms with Crippen LogP contribution in [0.15, 0.2) is 23.2 Å². The van der Waals surface area contributed by atoms with E-state index in [1.165, 1.54) is 5.56 Å². The molecule has 0 saturated carbocycles. The molecular formula is C24H43IN4O3. The van der Waals surface area contributed by atoms with Gasteiger partial charge in [-0.3, -0.25) is 0 Å². The van der Waals surface area contributed by atoms with Gasteiger partial charge in [-0.25, -0.2) is 4.99 Å². The second kappa shape index (κ2) is 16.5. The van der Waals surface area contributed by atoms with Gasteiger partial charge < -0.3 is 29.7 Å². The van der Waals surface area contributed by atoms with E-state index in [-0.39, 0.29) is 36.2 Å². The highest BCUT2D eigenvalue weighted by atomic mass is 127. The highest BCUT2D eigenvalue weighted by molar-refractivity contribution is 14.0. The zero-order valence-corrected chi connectivity index (χ0v) is 22.8. The van der Waals surface area contributed by atoms with Crippen LogP contribution in [0.4, 0.5) is 0 Å². The molecule has 32 heavy (non-hydrogen) atoms. The average Bonchev–Trinajstić information content (AvgIpc) is 3.26. The summed E-state index contributed by atoms with van der Waals surface area (Å²) in [5, 5.41) is 6.78. The zero-order valence-electron chi connectivity index (χ0n) is 20.5. The fourth-order valence-electron chi connectivity index (χ4n) is 3.48. The lowest BCUT2D eigenvalue weighted by Gasteiger charge is -2.21. The molecule has 0 radical (unpaired) electrons. The Kier molecular flexibility index (Phi) is 14.9. The van der Waals surface area contributed by atoms with Gasteiger partial charge in [0.15, 0.2) is 5.96 Å². The minimum absolute atomic E-state index is 0. The minimum Gasteiger partial charge on any atom is -0.491 e. The molecule has 2 unspecified atom stereocenters. The molecule has 1 heterocycles. The van der Waals surface area contributed by atoms with Crippen molar-refractivity contribution in [2.75, 3.05) is 53.6 Å². The Hall–Kier alpha value is -1.10. The van der Waals surface area contributed by atoms with E-state index < -0.39 is 0 Å². The van der Waals surface area contributed by atoms with Gasteiger partial charge >= 0.3 is 0 Å². The second-order valence-corrected chi connectivity index (χ2v) is 8.30. The number of aryl methyl sites for hydroxylation is 1. The maximum atomic E-state index is 6.12. The first-order valence-electron chi connectivity index (χ1n) is 11.6. The quantitative estimate of drug-likeness (QED) is 0.218. The molecule has 2 N–H and O–H groups in total. The molecule has 2 atom stereocenters. The summed E-state index contributed by atoms with van der Waals surface area (Å²) in [6, 6.07) is 6.30. The van der Waals surface area contributed by atoms with Crippen molar-refractivity contribution in [3.05, 3.63) is 29.3 Å². The molecule has 0 spiro atoms. The summed E-state index contributed by atoms with van der Waals surface area (Å²) in [5.41, 5.74) is 2.26. The number of aliphatic imine (C=N–C) groups is 1. The highest BCUT2D eigenvalue weighted by Crippen LogP contribution is 2.23. The molecule has 7 nitrogen and oxygen atoms in total. The molecular weight excluding hydrogens is 519 g/mol. The van der Waals surface area contributed by atoms with Crippen molar-refractivity contribution in [2.24, 2.45) is 4.99 Å². The van der Waals surface area contributed by atoms with Crippen LogP contribution in [0.25, 0.3) is 0 Å². The number of benzene rings is 1. The van der Waals surface area contributed by atoms with Crippen molar-refractivity contribution >= 4 is 29.9 Å². The van der Waals surface area contributed by atoms with Crippen LogP contribution in [0, 0.1) is 6.92 Å². The topological polar surface area (TPSA) is 67.4 Å². The normalized spacial score (nSPS) is 17.2. The number of ether oxygens (including phenoxy) is 3. The first kappa shape index (κ1) is 28.9. The van der Waals surface area contributed by atoms with E-state index >= 15 is 0 Å². The van der Waals surface area contributed by atoms with Gasteiger partial charge in [0, 0.05) is 38.4 Å². The Morgan fingerprint density at radius 1 is 1.28 bits per heavy atom. The van der Waals surface area contributed by atoms with Crippen LogP contribution in [0.3, 0.4) is 0 Å². The van der Waals surface area contributed by atoms with Crippen molar-refractivity contribution in [2.45, 2.75) is 58.8 Å². The largest absolute Gasteiger partial charge is 0.491 e. The standard InChI is InChI=1S/C24H42N4O3.HI/c1-6-25-24(27-17-21(29-7-2)12-13-28(4)5)26-16-20-11-10-19(3)15-23(20)31-18-22-9-8-14-30-22;/h10-11,15,21-22H,6-9,12-14,16-18H2,1-5H3,(H2,25,26,27);1H. The summed E-state index contributed by atoms with van der Waals surface area (Å²) in [6.07, 6.45) is 3.53. The first-order chi connectivity index (χ1) is 15.0. The summed E-state index contributed by atoms with van der Waals surface area (Å²) in [6.45, 7) is 11.4. The van der Waals surface area contributed by atoms with Gasteiger partial charge in [-0.05, 0) is 65.8 Å². The number of nitrogens with zero attached hydrogens (tertiary/aromatic N) is 2. The fourth-order valence-corrected chi connectivity index (χ4v) is 3.48. The van der Waals surface area contributed by atoms with Gasteiger partial charge in [0.1, 0.15) is 12.4 Å². The number of guanidine groups is 1. The zero-order chi connectivity index (χ0) is 22.5. The van der Waals surface area contributed by atoms with Gasteiger partial charge in [0.2, 0.25) is 0 Å². The lowest BCUT2D eigenvalue weighted by Crippen LogP contribution is -2.42. The molecule has 1 saturated heterocycles. The molecule has 8 heteroatoms. The van der Waals surface area contributed by atoms with E-state index in [2.05, 4.69) is 61.7 Å². The number of nitrogens with one attached hydrogen (secondary N) is 2. The van der Waals surface area contributed by atoms with Crippen molar-refractivity contribution in [1.29, 1.82) is 0 Å².